The number of benzene rings is 2. The molecule has 2 aromatic carbocycles. The van der Waals surface area contributed by atoms with Gasteiger partial charge >= 0.3 is 0 Å². The molecule has 0 aliphatic carbocycles. The minimum atomic E-state index is -0.760. The largest absolute Gasteiger partial charge is 0.345 e. The second-order valence-electron chi connectivity index (χ2n) is 6.30. The Morgan fingerprint density at radius 3 is 2.50 bits per heavy atom. The van der Waals surface area contributed by atoms with Gasteiger partial charge in [0.2, 0.25) is 0 Å². The fourth-order valence-electron chi connectivity index (χ4n) is 2.75. The molecule has 1 aromatic heterocycles. The van der Waals surface area contributed by atoms with Crippen molar-refractivity contribution in [3.05, 3.63) is 77.0 Å². The Balaban J connectivity index is 1.89. The van der Waals surface area contributed by atoms with Crippen LogP contribution in [0.15, 0.2) is 48.7 Å². The van der Waals surface area contributed by atoms with E-state index in [1.807, 2.05) is 38.1 Å². The van der Waals surface area contributed by atoms with Gasteiger partial charge in [0, 0.05) is 24.9 Å². The molecule has 0 fully saturated rings. The number of halogens is 2. The zero-order valence-electron chi connectivity index (χ0n) is 14.8. The topological polar surface area (TPSA) is 46.9 Å². The van der Waals surface area contributed by atoms with E-state index in [1.54, 1.807) is 7.05 Å². The van der Waals surface area contributed by atoms with Crippen molar-refractivity contribution in [1.82, 2.24) is 15.1 Å². The molecule has 0 aliphatic rings. The summed E-state index contributed by atoms with van der Waals surface area (Å²) in [6.07, 6.45) is 1.52. The van der Waals surface area contributed by atoms with Gasteiger partial charge in [0.05, 0.1) is 11.6 Å². The third-order valence-electron chi connectivity index (χ3n) is 4.18. The number of carbonyl (C=O) groups is 1. The van der Waals surface area contributed by atoms with Crippen molar-refractivity contribution < 1.29 is 13.6 Å². The third kappa shape index (κ3) is 3.64. The number of hydrogen-bond donors (Lipinski definition) is 1. The molecule has 26 heavy (non-hydrogen) atoms. The molecule has 1 atom stereocenters. The highest BCUT2D eigenvalue weighted by atomic mass is 19.1. The fourth-order valence-corrected chi connectivity index (χ4v) is 2.75. The number of hydrogen-bond acceptors (Lipinski definition) is 2. The van der Waals surface area contributed by atoms with E-state index in [1.165, 1.54) is 16.9 Å². The summed E-state index contributed by atoms with van der Waals surface area (Å²) in [5.41, 5.74) is 2.59. The summed E-state index contributed by atoms with van der Waals surface area (Å²) in [5, 5.41) is 7.07. The van der Waals surface area contributed by atoms with Crippen molar-refractivity contribution in [2.45, 2.75) is 19.9 Å². The summed E-state index contributed by atoms with van der Waals surface area (Å²) in [5.74, 6) is -1.81. The Morgan fingerprint density at radius 2 is 1.85 bits per heavy atom. The van der Waals surface area contributed by atoms with Crippen molar-refractivity contribution in [3.8, 4) is 11.3 Å². The van der Waals surface area contributed by atoms with Crippen molar-refractivity contribution in [2.75, 3.05) is 0 Å². The van der Waals surface area contributed by atoms with Gasteiger partial charge in [0.1, 0.15) is 17.3 Å². The van der Waals surface area contributed by atoms with Crippen LogP contribution in [-0.4, -0.2) is 15.7 Å². The SMILES string of the molecule is Cc1ccc(C(C)NC(=O)c2cn(C)nc2-c2ccc(F)cc2F)cc1. The van der Waals surface area contributed by atoms with E-state index in [-0.39, 0.29) is 28.8 Å². The standard InChI is InChI=1S/C20H19F2N3O/c1-12-4-6-14(7-5-12)13(2)23-20(26)17-11-25(3)24-19(17)16-9-8-15(21)10-18(16)22/h4-11,13H,1-3H3,(H,23,26). The van der Waals surface area contributed by atoms with Crippen LogP contribution < -0.4 is 5.32 Å². The maximum absolute atomic E-state index is 14.1. The Hall–Kier alpha value is -3.02. The van der Waals surface area contributed by atoms with E-state index < -0.39 is 11.6 Å². The predicted octanol–water partition coefficient (Wildman–Crippen LogP) is 4.16. The number of rotatable bonds is 4. The molecule has 3 rings (SSSR count). The molecule has 0 bridgehead atoms. The van der Waals surface area contributed by atoms with Gasteiger partial charge in [-0.2, -0.15) is 5.10 Å². The van der Waals surface area contributed by atoms with E-state index in [2.05, 4.69) is 10.4 Å². The van der Waals surface area contributed by atoms with Crippen LogP contribution in [0, 0.1) is 18.6 Å². The van der Waals surface area contributed by atoms with Crippen molar-refractivity contribution in [3.63, 3.8) is 0 Å². The monoisotopic (exact) mass is 355 g/mol. The van der Waals surface area contributed by atoms with Crippen LogP contribution >= 0.6 is 0 Å². The van der Waals surface area contributed by atoms with E-state index in [0.29, 0.717) is 0 Å². The molecule has 1 N–H and O–H groups in total. The summed E-state index contributed by atoms with van der Waals surface area (Å²) < 4.78 is 28.7. The second-order valence-corrected chi connectivity index (χ2v) is 6.30. The summed E-state index contributed by atoms with van der Waals surface area (Å²) in [4.78, 5) is 12.7. The normalized spacial score (nSPS) is 12.0. The Labute approximate surface area is 150 Å². The van der Waals surface area contributed by atoms with Crippen molar-refractivity contribution in [2.24, 2.45) is 7.05 Å². The molecule has 6 heteroatoms. The zero-order chi connectivity index (χ0) is 18.8. The summed E-state index contributed by atoms with van der Waals surface area (Å²) in [6, 6.07) is 10.8. The first-order valence-electron chi connectivity index (χ1n) is 8.21. The predicted molar refractivity (Wildman–Crippen MR) is 95.6 cm³/mol. The lowest BCUT2D eigenvalue weighted by atomic mass is 10.0. The molecule has 1 amide bonds. The summed E-state index contributed by atoms with van der Waals surface area (Å²) in [6.45, 7) is 3.86. The summed E-state index contributed by atoms with van der Waals surface area (Å²) >= 11 is 0. The van der Waals surface area contributed by atoms with Gasteiger partial charge in [-0.1, -0.05) is 29.8 Å². The quantitative estimate of drug-likeness (QED) is 0.764. The molecule has 3 aromatic rings. The van der Waals surface area contributed by atoms with Gasteiger partial charge in [-0.3, -0.25) is 9.48 Å². The zero-order valence-corrected chi connectivity index (χ0v) is 14.8. The minimum absolute atomic E-state index is 0.0835. The molecule has 0 spiro atoms. The van der Waals surface area contributed by atoms with Crippen LogP contribution in [0.4, 0.5) is 8.78 Å². The van der Waals surface area contributed by atoms with Gasteiger partial charge in [-0.15, -0.1) is 0 Å². The average Bonchev–Trinajstić information content (AvgIpc) is 2.97. The van der Waals surface area contributed by atoms with E-state index in [4.69, 9.17) is 0 Å². The number of aryl methyl sites for hydroxylation is 2. The Bertz CT molecular complexity index is 948. The van der Waals surface area contributed by atoms with Gasteiger partial charge < -0.3 is 5.32 Å². The average molecular weight is 355 g/mol. The molecular formula is C20H19F2N3O. The molecule has 134 valence electrons. The molecule has 1 unspecified atom stereocenters. The number of carbonyl (C=O) groups excluding carboxylic acids is 1. The third-order valence-corrected chi connectivity index (χ3v) is 4.18. The van der Waals surface area contributed by atoms with Crippen LogP contribution in [0.1, 0.15) is 34.5 Å². The van der Waals surface area contributed by atoms with Crippen LogP contribution in [0.5, 0.6) is 0 Å². The second kappa shape index (κ2) is 7.07. The van der Waals surface area contributed by atoms with Crippen LogP contribution in [0.3, 0.4) is 0 Å². The van der Waals surface area contributed by atoms with E-state index >= 15 is 0 Å². The molecule has 0 aliphatic heterocycles. The first-order chi connectivity index (χ1) is 12.3. The number of nitrogens with zero attached hydrogens (tertiary/aromatic N) is 2. The lowest BCUT2D eigenvalue weighted by Crippen LogP contribution is -2.26. The highest BCUT2D eigenvalue weighted by molar-refractivity contribution is 6.00. The fraction of sp³-hybridized carbons (Fsp3) is 0.200. The lowest BCUT2D eigenvalue weighted by molar-refractivity contribution is 0.0940. The maximum Gasteiger partial charge on any atom is 0.255 e. The van der Waals surface area contributed by atoms with E-state index in [9.17, 15) is 13.6 Å². The Morgan fingerprint density at radius 1 is 1.15 bits per heavy atom. The maximum atomic E-state index is 14.1. The molecule has 0 saturated carbocycles. The lowest BCUT2D eigenvalue weighted by Gasteiger charge is -2.14. The van der Waals surface area contributed by atoms with Gasteiger partial charge in [0.15, 0.2) is 0 Å². The molecule has 0 radical (unpaired) electrons. The first-order valence-corrected chi connectivity index (χ1v) is 8.21. The van der Waals surface area contributed by atoms with Crippen molar-refractivity contribution >= 4 is 5.91 Å². The molecule has 1 heterocycles. The molecular weight excluding hydrogens is 336 g/mol. The van der Waals surface area contributed by atoms with Crippen molar-refractivity contribution in [1.29, 1.82) is 0 Å². The van der Waals surface area contributed by atoms with Crippen LogP contribution in [-0.2, 0) is 7.05 Å². The molecule has 4 nitrogen and oxygen atoms in total. The highest BCUT2D eigenvalue weighted by Gasteiger charge is 2.21. The van der Waals surface area contributed by atoms with Gasteiger partial charge in [-0.05, 0) is 31.5 Å². The van der Waals surface area contributed by atoms with Gasteiger partial charge in [-0.25, -0.2) is 8.78 Å². The van der Waals surface area contributed by atoms with Gasteiger partial charge in [0.25, 0.3) is 5.91 Å². The summed E-state index contributed by atoms with van der Waals surface area (Å²) in [7, 11) is 1.64. The van der Waals surface area contributed by atoms with Crippen LogP contribution in [0.25, 0.3) is 11.3 Å². The number of aromatic nitrogens is 2. The Kier molecular flexibility index (Phi) is 4.84. The number of amides is 1. The smallest absolute Gasteiger partial charge is 0.255 e. The first kappa shape index (κ1) is 17.8. The molecule has 0 saturated heterocycles. The minimum Gasteiger partial charge on any atom is -0.345 e. The van der Waals surface area contributed by atoms with E-state index in [0.717, 1.165) is 23.3 Å². The van der Waals surface area contributed by atoms with Crippen LogP contribution in [0.2, 0.25) is 0 Å². The number of nitrogens with one attached hydrogen (secondary N) is 1. The highest BCUT2D eigenvalue weighted by Crippen LogP contribution is 2.26.